The Labute approximate surface area is 167 Å². The lowest BCUT2D eigenvalue weighted by Gasteiger charge is -2.08. The van der Waals surface area contributed by atoms with E-state index in [9.17, 15) is 4.79 Å². The number of rotatable bonds is 7. The van der Waals surface area contributed by atoms with Gasteiger partial charge in [0.1, 0.15) is 11.6 Å². The van der Waals surface area contributed by atoms with Gasteiger partial charge in [-0.1, -0.05) is 30.3 Å². The molecule has 0 aliphatic rings. The van der Waals surface area contributed by atoms with E-state index in [0.29, 0.717) is 18.6 Å². The predicted octanol–water partition coefficient (Wildman–Crippen LogP) is 4.83. The first-order valence-electron chi connectivity index (χ1n) is 8.95. The number of carbonyl (C=O) groups excluding carboxylic acids is 1. The monoisotopic (exact) mass is 389 g/mol. The topological polar surface area (TPSA) is 64.1 Å². The van der Waals surface area contributed by atoms with Crippen molar-refractivity contribution < 1.29 is 9.53 Å². The van der Waals surface area contributed by atoms with Gasteiger partial charge in [-0.25, -0.2) is 9.97 Å². The highest BCUT2D eigenvalue weighted by Gasteiger charge is 2.10. The van der Waals surface area contributed by atoms with Gasteiger partial charge in [-0.15, -0.1) is 11.3 Å². The molecule has 0 amide bonds. The number of thiophene rings is 1. The number of hydrogen-bond donors (Lipinski definition) is 1. The molecule has 0 saturated carbocycles. The molecule has 0 bridgehead atoms. The minimum Gasteiger partial charge on any atom is -0.497 e. The quantitative estimate of drug-likeness (QED) is 0.459. The standard InChI is InChI=1S/C22H19N3O2S/c1-27-17-8-6-15(7-9-17)10-11-23-21-13-18(24-22(14-26)25-21)20-12-16-4-2-3-5-19(16)28-20/h2-9,12-14H,10-11H2,1H3,(H,23,24,25). The van der Waals surface area contributed by atoms with Crippen molar-refractivity contribution in [2.75, 3.05) is 19.0 Å². The van der Waals surface area contributed by atoms with E-state index in [2.05, 4.69) is 33.5 Å². The van der Waals surface area contributed by atoms with E-state index < -0.39 is 0 Å². The number of benzene rings is 2. The van der Waals surface area contributed by atoms with E-state index in [0.717, 1.165) is 22.7 Å². The Hall–Kier alpha value is -3.25. The molecule has 5 nitrogen and oxygen atoms in total. The summed E-state index contributed by atoms with van der Waals surface area (Å²) in [6.07, 6.45) is 1.52. The molecule has 0 radical (unpaired) electrons. The fourth-order valence-electron chi connectivity index (χ4n) is 2.97. The van der Waals surface area contributed by atoms with Crippen LogP contribution in [0, 0.1) is 0 Å². The van der Waals surface area contributed by atoms with Gasteiger partial charge in [-0.2, -0.15) is 0 Å². The molecule has 28 heavy (non-hydrogen) atoms. The maximum absolute atomic E-state index is 11.3. The average molecular weight is 389 g/mol. The molecule has 2 aromatic carbocycles. The second kappa shape index (κ2) is 8.19. The number of aldehydes is 1. The molecular weight excluding hydrogens is 370 g/mol. The second-order valence-electron chi connectivity index (χ2n) is 6.29. The van der Waals surface area contributed by atoms with E-state index in [1.54, 1.807) is 18.4 Å². The lowest BCUT2D eigenvalue weighted by molar-refractivity contribution is 0.111. The van der Waals surface area contributed by atoms with Crippen molar-refractivity contribution in [2.45, 2.75) is 6.42 Å². The minimum absolute atomic E-state index is 0.182. The number of methoxy groups -OCH3 is 1. The molecule has 4 rings (SSSR count). The summed E-state index contributed by atoms with van der Waals surface area (Å²) < 4.78 is 6.37. The fourth-order valence-corrected chi connectivity index (χ4v) is 3.99. The van der Waals surface area contributed by atoms with Crippen LogP contribution in [0.15, 0.2) is 60.7 Å². The van der Waals surface area contributed by atoms with Gasteiger partial charge in [-0.05, 0) is 41.6 Å². The van der Waals surface area contributed by atoms with E-state index in [-0.39, 0.29) is 5.82 Å². The van der Waals surface area contributed by atoms with Crippen LogP contribution in [-0.4, -0.2) is 29.9 Å². The third-order valence-corrected chi connectivity index (χ3v) is 5.54. The van der Waals surface area contributed by atoms with Crippen molar-refractivity contribution in [2.24, 2.45) is 0 Å². The van der Waals surface area contributed by atoms with Crippen LogP contribution in [0.1, 0.15) is 16.2 Å². The average Bonchev–Trinajstić information content (AvgIpc) is 3.18. The van der Waals surface area contributed by atoms with Crippen LogP contribution >= 0.6 is 11.3 Å². The summed E-state index contributed by atoms with van der Waals surface area (Å²) in [6.45, 7) is 0.702. The van der Waals surface area contributed by atoms with E-state index in [1.807, 2.05) is 42.5 Å². The van der Waals surface area contributed by atoms with Gasteiger partial charge in [0.15, 0.2) is 12.1 Å². The molecule has 0 aliphatic heterocycles. The van der Waals surface area contributed by atoms with Gasteiger partial charge in [-0.3, -0.25) is 4.79 Å². The molecule has 6 heteroatoms. The Kier molecular flexibility index (Phi) is 5.30. The Morgan fingerprint density at radius 1 is 1.07 bits per heavy atom. The first kappa shape index (κ1) is 18.1. The van der Waals surface area contributed by atoms with Crippen molar-refractivity contribution in [3.05, 3.63) is 72.1 Å². The van der Waals surface area contributed by atoms with Crippen molar-refractivity contribution in [1.29, 1.82) is 0 Å². The van der Waals surface area contributed by atoms with Crippen LogP contribution < -0.4 is 10.1 Å². The molecule has 0 spiro atoms. The van der Waals surface area contributed by atoms with Gasteiger partial charge in [0.2, 0.25) is 0 Å². The van der Waals surface area contributed by atoms with Crippen LogP contribution in [0.5, 0.6) is 5.75 Å². The highest BCUT2D eigenvalue weighted by molar-refractivity contribution is 7.22. The first-order chi connectivity index (χ1) is 13.7. The maximum atomic E-state index is 11.3. The number of anilines is 1. The third-order valence-electron chi connectivity index (χ3n) is 4.41. The Bertz CT molecular complexity index is 1070. The largest absolute Gasteiger partial charge is 0.497 e. The number of carbonyl (C=O) groups is 1. The third kappa shape index (κ3) is 4.02. The molecule has 2 aromatic heterocycles. The lowest BCUT2D eigenvalue weighted by atomic mass is 10.1. The Balaban J connectivity index is 1.52. The van der Waals surface area contributed by atoms with Crippen molar-refractivity contribution in [3.8, 4) is 16.3 Å². The first-order valence-corrected chi connectivity index (χ1v) is 9.77. The minimum atomic E-state index is 0.182. The summed E-state index contributed by atoms with van der Waals surface area (Å²) in [6, 6.07) is 20.2. The molecule has 1 N–H and O–H groups in total. The molecular formula is C22H19N3O2S. The van der Waals surface area contributed by atoms with Crippen LogP contribution in [0.2, 0.25) is 0 Å². The molecule has 0 unspecified atom stereocenters. The van der Waals surface area contributed by atoms with E-state index in [1.165, 1.54) is 15.6 Å². The maximum Gasteiger partial charge on any atom is 0.195 e. The van der Waals surface area contributed by atoms with Crippen LogP contribution in [0.25, 0.3) is 20.7 Å². The summed E-state index contributed by atoms with van der Waals surface area (Å²) in [5.41, 5.74) is 1.95. The van der Waals surface area contributed by atoms with Gasteiger partial charge in [0.25, 0.3) is 0 Å². The van der Waals surface area contributed by atoms with Gasteiger partial charge in [0.05, 0.1) is 17.7 Å². The second-order valence-corrected chi connectivity index (χ2v) is 7.37. The van der Waals surface area contributed by atoms with Crippen molar-refractivity contribution in [1.82, 2.24) is 9.97 Å². The van der Waals surface area contributed by atoms with Crippen molar-refractivity contribution >= 4 is 33.5 Å². The number of aromatic nitrogens is 2. The van der Waals surface area contributed by atoms with Crippen molar-refractivity contribution in [3.63, 3.8) is 0 Å². The summed E-state index contributed by atoms with van der Waals surface area (Å²) in [5, 5.41) is 4.47. The summed E-state index contributed by atoms with van der Waals surface area (Å²) >= 11 is 1.66. The number of fused-ring (bicyclic) bond motifs is 1. The zero-order valence-electron chi connectivity index (χ0n) is 15.4. The molecule has 0 atom stereocenters. The summed E-state index contributed by atoms with van der Waals surface area (Å²) in [4.78, 5) is 21.0. The SMILES string of the molecule is COc1ccc(CCNc2cc(-c3cc4ccccc4s3)nc(C=O)n2)cc1. The highest BCUT2D eigenvalue weighted by atomic mass is 32.1. The fraction of sp³-hybridized carbons (Fsp3) is 0.136. The number of ether oxygens (including phenoxy) is 1. The zero-order chi connectivity index (χ0) is 19.3. The molecule has 4 aromatic rings. The smallest absolute Gasteiger partial charge is 0.195 e. The summed E-state index contributed by atoms with van der Waals surface area (Å²) in [5.74, 6) is 1.68. The van der Waals surface area contributed by atoms with Crippen LogP contribution in [-0.2, 0) is 6.42 Å². The molecule has 0 aliphatic carbocycles. The van der Waals surface area contributed by atoms with Gasteiger partial charge in [0, 0.05) is 17.3 Å². The zero-order valence-corrected chi connectivity index (χ0v) is 16.2. The number of hydrogen-bond acceptors (Lipinski definition) is 6. The van der Waals surface area contributed by atoms with Gasteiger partial charge >= 0.3 is 0 Å². The van der Waals surface area contributed by atoms with Crippen LogP contribution in [0.3, 0.4) is 0 Å². The Morgan fingerprint density at radius 3 is 2.64 bits per heavy atom. The lowest BCUT2D eigenvalue weighted by Crippen LogP contribution is -2.08. The molecule has 2 heterocycles. The molecule has 0 saturated heterocycles. The van der Waals surface area contributed by atoms with E-state index in [4.69, 9.17) is 4.74 Å². The van der Waals surface area contributed by atoms with Crippen LogP contribution in [0.4, 0.5) is 5.82 Å². The molecule has 0 fully saturated rings. The van der Waals surface area contributed by atoms with Gasteiger partial charge < -0.3 is 10.1 Å². The normalized spacial score (nSPS) is 10.8. The highest BCUT2D eigenvalue weighted by Crippen LogP contribution is 2.33. The Morgan fingerprint density at radius 2 is 1.89 bits per heavy atom. The number of nitrogens with one attached hydrogen (secondary N) is 1. The number of nitrogens with zero attached hydrogens (tertiary/aromatic N) is 2. The summed E-state index contributed by atoms with van der Waals surface area (Å²) in [7, 11) is 1.66. The predicted molar refractivity (Wildman–Crippen MR) is 113 cm³/mol. The van der Waals surface area contributed by atoms with E-state index >= 15 is 0 Å². The molecule has 140 valence electrons.